The van der Waals surface area contributed by atoms with Gasteiger partial charge in [0, 0.05) is 11.8 Å². The number of rotatable bonds is 2. The van der Waals surface area contributed by atoms with Gasteiger partial charge in [0.05, 0.1) is 12.7 Å². The van der Waals surface area contributed by atoms with Gasteiger partial charge < -0.3 is 15.8 Å². The Morgan fingerprint density at radius 2 is 1.82 bits per heavy atom. The minimum absolute atomic E-state index is 0.0340. The number of benzene rings is 1. The zero-order chi connectivity index (χ0) is 13.5. The Hall–Kier alpha value is -1.43. The van der Waals surface area contributed by atoms with Gasteiger partial charge in [0.25, 0.3) is 0 Å². The van der Waals surface area contributed by atoms with E-state index in [1.165, 1.54) is 13.2 Å². The largest absolute Gasteiger partial charge is 0.497 e. The van der Waals surface area contributed by atoms with Crippen LogP contribution in [0.4, 0.5) is 18.9 Å². The predicted octanol–water partition coefficient (Wildman–Crippen LogP) is 2.52. The molecule has 1 aromatic rings. The highest BCUT2D eigenvalue weighted by Crippen LogP contribution is 2.33. The Bertz CT molecular complexity index is 338. The number of nitrogens with one attached hydrogen (secondary N) is 1. The molecule has 98 valence electrons. The van der Waals surface area contributed by atoms with Crippen LogP contribution >= 0.6 is 0 Å². The van der Waals surface area contributed by atoms with E-state index in [1.807, 2.05) is 7.05 Å². The van der Waals surface area contributed by atoms with Gasteiger partial charge in [-0.2, -0.15) is 13.2 Å². The summed E-state index contributed by atoms with van der Waals surface area (Å²) in [4.78, 5) is 0. The third kappa shape index (κ3) is 6.01. The summed E-state index contributed by atoms with van der Waals surface area (Å²) in [5.41, 5.74) is 4.48. The average molecular weight is 250 g/mol. The Labute approximate surface area is 98.8 Å². The minimum Gasteiger partial charge on any atom is -0.497 e. The van der Waals surface area contributed by atoms with E-state index in [0.29, 0.717) is 0 Å². The summed E-state index contributed by atoms with van der Waals surface area (Å²) >= 11 is 0. The number of halogens is 3. The number of anilines is 1. The molecule has 0 amide bonds. The van der Waals surface area contributed by atoms with Crippen molar-refractivity contribution in [2.75, 3.05) is 26.4 Å². The van der Waals surface area contributed by atoms with Gasteiger partial charge in [-0.15, -0.1) is 0 Å². The molecule has 0 radical (unpaired) electrons. The fourth-order valence-corrected chi connectivity index (χ4v) is 0.904. The summed E-state index contributed by atoms with van der Waals surface area (Å²) in [5, 5.41) is 2.93. The molecule has 0 saturated heterocycles. The Morgan fingerprint density at radius 3 is 2.18 bits per heavy atom. The molecule has 0 aliphatic rings. The van der Waals surface area contributed by atoms with E-state index in [0.717, 1.165) is 18.7 Å². The lowest BCUT2D eigenvalue weighted by atomic mass is 10.2. The van der Waals surface area contributed by atoms with E-state index in [1.54, 1.807) is 0 Å². The van der Waals surface area contributed by atoms with Gasteiger partial charge in [-0.3, -0.25) is 0 Å². The molecule has 0 spiro atoms. The van der Waals surface area contributed by atoms with Gasteiger partial charge in [0.15, 0.2) is 0 Å². The smallest absolute Gasteiger partial charge is 0.416 e. The van der Waals surface area contributed by atoms with Crippen LogP contribution in [0, 0.1) is 0 Å². The lowest BCUT2D eigenvalue weighted by Gasteiger charge is -2.09. The van der Waals surface area contributed by atoms with Crippen LogP contribution in [-0.2, 0) is 6.18 Å². The van der Waals surface area contributed by atoms with Crippen LogP contribution in [0.15, 0.2) is 18.2 Å². The Kier molecular flexibility index (Phi) is 6.42. The normalized spacial score (nSPS) is 10.5. The van der Waals surface area contributed by atoms with Gasteiger partial charge in [-0.25, -0.2) is 0 Å². The van der Waals surface area contributed by atoms with Gasteiger partial charge in [-0.1, -0.05) is 6.92 Å². The highest BCUT2D eigenvalue weighted by molar-refractivity contribution is 5.48. The molecule has 0 heterocycles. The molecule has 0 saturated carbocycles. The van der Waals surface area contributed by atoms with Crippen molar-refractivity contribution in [2.45, 2.75) is 13.1 Å². The van der Waals surface area contributed by atoms with E-state index in [-0.39, 0.29) is 11.4 Å². The first-order valence-electron chi connectivity index (χ1n) is 5.01. The van der Waals surface area contributed by atoms with Crippen LogP contribution in [0.2, 0.25) is 0 Å². The summed E-state index contributed by atoms with van der Waals surface area (Å²) in [6, 6.07) is 3.09. The minimum atomic E-state index is -4.39. The Balaban J connectivity index is 0.000000557. The first-order valence-corrected chi connectivity index (χ1v) is 5.01. The second-order valence-corrected chi connectivity index (χ2v) is 3.20. The number of alkyl halides is 3. The van der Waals surface area contributed by atoms with Crippen LogP contribution in [0.25, 0.3) is 0 Å². The number of hydrogen-bond acceptors (Lipinski definition) is 3. The summed E-state index contributed by atoms with van der Waals surface area (Å²) < 4.78 is 41.2. The Morgan fingerprint density at radius 1 is 1.29 bits per heavy atom. The maximum Gasteiger partial charge on any atom is 0.416 e. The summed E-state index contributed by atoms with van der Waals surface area (Å²) in [7, 11) is 3.22. The van der Waals surface area contributed by atoms with Gasteiger partial charge in [-0.05, 0) is 25.7 Å². The summed E-state index contributed by atoms with van der Waals surface area (Å²) in [6.07, 6.45) is -4.39. The first kappa shape index (κ1) is 15.6. The summed E-state index contributed by atoms with van der Waals surface area (Å²) in [6.45, 7) is 3.14. The molecular weight excluding hydrogens is 233 g/mol. The fraction of sp³-hybridized carbons (Fsp3) is 0.455. The SMILES string of the molecule is CCNC.COc1cc(N)cc(C(F)(F)F)c1. The van der Waals surface area contributed by atoms with E-state index >= 15 is 0 Å². The highest BCUT2D eigenvalue weighted by atomic mass is 19.4. The zero-order valence-electron chi connectivity index (χ0n) is 10.1. The molecule has 1 aromatic carbocycles. The predicted molar refractivity (Wildman–Crippen MR) is 62.0 cm³/mol. The van der Waals surface area contributed by atoms with Crippen LogP contribution in [-0.4, -0.2) is 20.7 Å². The molecule has 1 rings (SSSR count). The zero-order valence-corrected chi connectivity index (χ0v) is 10.1. The topological polar surface area (TPSA) is 47.3 Å². The molecule has 3 nitrogen and oxygen atoms in total. The quantitative estimate of drug-likeness (QED) is 0.793. The van der Waals surface area contributed by atoms with Crippen molar-refractivity contribution in [1.29, 1.82) is 0 Å². The number of nitrogen functional groups attached to an aromatic ring is 1. The van der Waals surface area contributed by atoms with Crippen LogP contribution < -0.4 is 15.8 Å². The number of hydrogen-bond donors (Lipinski definition) is 2. The lowest BCUT2D eigenvalue weighted by Crippen LogP contribution is -2.06. The van der Waals surface area contributed by atoms with E-state index in [2.05, 4.69) is 17.0 Å². The monoisotopic (exact) mass is 250 g/mol. The van der Waals surface area contributed by atoms with Crippen LogP contribution in [0.5, 0.6) is 5.75 Å². The molecule has 0 atom stereocenters. The molecule has 0 aliphatic carbocycles. The standard InChI is InChI=1S/C8H8F3NO.C3H9N/c1-13-7-3-5(8(9,10)11)2-6(12)4-7;1-3-4-2/h2-4H,12H2,1H3;4H,3H2,1-2H3. The number of nitrogens with two attached hydrogens (primary N) is 1. The molecular formula is C11H17F3N2O. The van der Waals surface area contributed by atoms with Crippen molar-refractivity contribution in [3.8, 4) is 5.75 Å². The first-order chi connectivity index (χ1) is 7.85. The molecule has 0 fully saturated rings. The van der Waals surface area contributed by atoms with Crippen molar-refractivity contribution in [1.82, 2.24) is 5.32 Å². The summed E-state index contributed by atoms with van der Waals surface area (Å²) in [5.74, 6) is 0.104. The van der Waals surface area contributed by atoms with Gasteiger partial charge in [0.1, 0.15) is 5.75 Å². The molecule has 0 unspecified atom stereocenters. The molecule has 17 heavy (non-hydrogen) atoms. The molecule has 3 N–H and O–H groups in total. The van der Waals surface area contributed by atoms with Gasteiger partial charge in [0.2, 0.25) is 0 Å². The third-order valence-electron chi connectivity index (χ3n) is 1.85. The van der Waals surface area contributed by atoms with Crippen LogP contribution in [0.1, 0.15) is 12.5 Å². The number of ether oxygens (including phenoxy) is 1. The van der Waals surface area contributed by atoms with E-state index in [4.69, 9.17) is 5.73 Å². The number of methoxy groups -OCH3 is 1. The van der Waals surface area contributed by atoms with Crippen molar-refractivity contribution >= 4 is 5.69 Å². The van der Waals surface area contributed by atoms with E-state index in [9.17, 15) is 13.2 Å². The van der Waals surface area contributed by atoms with Gasteiger partial charge >= 0.3 is 6.18 Å². The van der Waals surface area contributed by atoms with Crippen molar-refractivity contribution in [3.05, 3.63) is 23.8 Å². The molecule has 6 heteroatoms. The van der Waals surface area contributed by atoms with Crippen molar-refractivity contribution < 1.29 is 17.9 Å². The van der Waals surface area contributed by atoms with E-state index < -0.39 is 11.7 Å². The van der Waals surface area contributed by atoms with Crippen molar-refractivity contribution in [3.63, 3.8) is 0 Å². The highest BCUT2D eigenvalue weighted by Gasteiger charge is 2.31. The molecule has 0 bridgehead atoms. The molecule has 0 aliphatic heterocycles. The van der Waals surface area contributed by atoms with Crippen LogP contribution in [0.3, 0.4) is 0 Å². The molecule has 0 aromatic heterocycles. The average Bonchev–Trinajstić information content (AvgIpc) is 2.27. The maximum atomic E-state index is 12.2. The maximum absolute atomic E-state index is 12.2. The lowest BCUT2D eigenvalue weighted by molar-refractivity contribution is -0.137. The second-order valence-electron chi connectivity index (χ2n) is 3.20. The second kappa shape index (κ2) is 7.01. The third-order valence-corrected chi connectivity index (χ3v) is 1.85. The van der Waals surface area contributed by atoms with Crippen molar-refractivity contribution in [2.24, 2.45) is 0 Å². The fourth-order valence-electron chi connectivity index (χ4n) is 0.904.